The van der Waals surface area contributed by atoms with Crippen molar-refractivity contribution in [3.63, 3.8) is 0 Å². The zero-order valence-corrected chi connectivity index (χ0v) is 12.1. The van der Waals surface area contributed by atoms with Crippen LogP contribution in [0.5, 0.6) is 0 Å². The lowest BCUT2D eigenvalue weighted by atomic mass is 10.0. The van der Waals surface area contributed by atoms with Gasteiger partial charge in [-0.2, -0.15) is 0 Å². The summed E-state index contributed by atoms with van der Waals surface area (Å²) >= 11 is 0. The topological polar surface area (TPSA) is 83.6 Å². The molecule has 0 radical (unpaired) electrons. The number of nitrogens with zero attached hydrogens (tertiary/aromatic N) is 1. The van der Waals surface area contributed by atoms with Gasteiger partial charge in [0, 0.05) is 16.9 Å². The number of nitrogen functional groups attached to an aromatic ring is 1. The van der Waals surface area contributed by atoms with Crippen LogP contribution < -0.4 is 10.6 Å². The second kappa shape index (κ2) is 5.18. The molecule has 1 unspecified atom stereocenters. The van der Waals surface area contributed by atoms with Crippen molar-refractivity contribution in [1.82, 2.24) is 0 Å². The largest absolute Gasteiger partial charge is 0.481 e. The lowest BCUT2D eigenvalue weighted by Crippen LogP contribution is -2.23. The minimum Gasteiger partial charge on any atom is -0.481 e. The Kier molecular flexibility index (Phi) is 3.33. The minimum atomic E-state index is -0.868. The Morgan fingerprint density at radius 3 is 2.55 bits per heavy atom. The third-order valence-corrected chi connectivity index (χ3v) is 4.01. The summed E-state index contributed by atoms with van der Waals surface area (Å²) in [6.07, 6.45) is 0. The van der Waals surface area contributed by atoms with Crippen molar-refractivity contribution in [2.75, 3.05) is 10.6 Å². The molecule has 3 rings (SSSR count). The summed E-state index contributed by atoms with van der Waals surface area (Å²) < 4.78 is 0. The standard InChI is InChI=1S/C17H16N2O3/c1-10(17(21)22)11-2-5-14(6-3-11)19-9-12-8-13(18)4-7-15(12)16(19)20/h2-8,10H,9,18H2,1H3,(H,21,22). The molecule has 112 valence electrons. The lowest BCUT2D eigenvalue weighted by Gasteiger charge is -2.16. The van der Waals surface area contributed by atoms with Gasteiger partial charge in [0.2, 0.25) is 0 Å². The van der Waals surface area contributed by atoms with Crippen molar-refractivity contribution in [2.45, 2.75) is 19.4 Å². The van der Waals surface area contributed by atoms with Crippen LogP contribution in [-0.4, -0.2) is 17.0 Å². The first-order valence-electron chi connectivity index (χ1n) is 7.00. The maximum absolute atomic E-state index is 12.4. The van der Waals surface area contributed by atoms with Gasteiger partial charge in [-0.25, -0.2) is 0 Å². The molecule has 0 fully saturated rings. The summed E-state index contributed by atoms with van der Waals surface area (Å²) in [5.74, 6) is -1.50. The van der Waals surface area contributed by atoms with E-state index < -0.39 is 11.9 Å². The maximum Gasteiger partial charge on any atom is 0.310 e. The van der Waals surface area contributed by atoms with Crippen molar-refractivity contribution in [2.24, 2.45) is 0 Å². The zero-order chi connectivity index (χ0) is 15.9. The van der Waals surface area contributed by atoms with Crippen LogP contribution in [0.2, 0.25) is 0 Å². The Bertz CT molecular complexity index is 753. The molecule has 0 spiro atoms. The molecule has 0 saturated heterocycles. The van der Waals surface area contributed by atoms with Crippen LogP contribution in [0.25, 0.3) is 0 Å². The van der Waals surface area contributed by atoms with Gasteiger partial charge >= 0.3 is 5.97 Å². The van der Waals surface area contributed by atoms with Crippen LogP contribution in [0.3, 0.4) is 0 Å². The monoisotopic (exact) mass is 296 g/mol. The number of fused-ring (bicyclic) bond motifs is 1. The van der Waals surface area contributed by atoms with E-state index in [9.17, 15) is 9.59 Å². The zero-order valence-electron chi connectivity index (χ0n) is 12.1. The van der Waals surface area contributed by atoms with Crippen molar-refractivity contribution in [3.8, 4) is 0 Å². The lowest BCUT2D eigenvalue weighted by molar-refractivity contribution is -0.138. The fraction of sp³-hybridized carbons (Fsp3) is 0.176. The van der Waals surface area contributed by atoms with Crippen LogP contribution in [0, 0.1) is 0 Å². The molecule has 5 heteroatoms. The summed E-state index contributed by atoms with van der Waals surface area (Å²) in [7, 11) is 0. The fourth-order valence-electron chi connectivity index (χ4n) is 2.63. The van der Waals surface area contributed by atoms with Crippen LogP contribution >= 0.6 is 0 Å². The van der Waals surface area contributed by atoms with Gasteiger partial charge in [-0.3, -0.25) is 9.59 Å². The Morgan fingerprint density at radius 2 is 1.91 bits per heavy atom. The first-order chi connectivity index (χ1) is 10.5. The van der Waals surface area contributed by atoms with E-state index in [1.165, 1.54) is 0 Å². The molecule has 1 aliphatic heterocycles. The van der Waals surface area contributed by atoms with Gasteiger partial charge in [0.15, 0.2) is 0 Å². The highest BCUT2D eigenvalue weighted by molar-refractivity contribution is 6.10. The van der Waals surface area contributed by atoms with E-state index >= 15 is 0 Å². The number of anilines is 2. The molecule has 2 aromatic carbocycles. The average Bonchev–Trinajstić information content (AvgIpc) is 2.83. The van der Waals surface area contributed by atoms with Crippen molar-refractivity contribution >= 4 is 23.3 Å². The Morgan fingerprint density at radius 1 is 1.23 bits per heavy atom. The first kappa shape index (κ1) is 14.1. The quantitative estimate of drug-likeness (QED) is 0.853. The fourth-order valence-corrected chi connectivity index (χ4v) is 2.63. The molecule has 22 heavy (non-hydrogen) atoms. The van der Waals surface area contributed by atoms with Gasteiger partial charge in [-0.05, 0) is 48.4 Å². The highest BCUT2D eigenvalue weighted by Crippen LogP contribution is 2.30. The average molecular weight is 296 g/mol. The number of carboxylic acid groups (broad SMARTS) is 1. The smallest absolute Gasteiger partial charge is 0.310 e. The molecule has 0 aromatic heterocycles. The third-order valence-electron chi connectivity index (χ3n) is 4.01. The number of aliphatic carboxylic acids is 1. The van der Waals surface area contributed by atoms with Gasteiger partial charge in [-0.1, -0.05) is 12.1 Å². The van der Waals surface area contributed by atoms with Crippen LogP contribution in [0.4, 0.5) is 11.4 Å². The molecule has 2 aromatic rings. The molecule has 0 saturated carbocycles. The molecule has 1 aliphatic rings. The number of carbonyl (C=O) groups is 2. The van der Waals surface area contributed by atoms with Crippen molar-refractivity contribution < 1.29 is 14.7 Å². The predicted octanol–water partition coefficient (Wildman–Crippen LogP) is 2.62. The molecule has 0 bridgehead atoms. The van der Waals surface area contributed by atoms with Gasteiger partial charge in [-0.15, -0.1) is 0 Å². The van der Waals surface area contributed by atoms with Gasteiger partial charge in [0.05, 0.1) is 12.5 Å². The second-order valence-electron chi connectivity index (χ2n) is 5.46. The number of carboxylic acids is 1. The second-order valence-corrected chi connectivity index (χ2v) is 5.46. The van der Waals surface area contributed by atoms with Crippen LogP contribution in [0.1, 0.15) is 34.3 Å². The molecular formula is C17H16N2O3. The minimum absolute atomic E-state index is 0.0611. The molecule has 1 heterocycles. The number of amides is 1. The van der Waals surface area contributed by atoms with E-state index in [1.54, 1.807) is 48.2 Å². The number of carbonyl (C=O) groups excluding carboxylic acids is 1. The molecule has 3 N–H and O–H groups in total. The van der Waals surface area contributed by atoms with Crippen molar-refractivity contribution in [1.29, 1.82) is 0 Å². The van der Waals surface area contributed by atoms with E-state index in [0.717, 1.165) is 11.3 Å². The normalized spacial score (nSPS) is 14.8. The molecule has 1 amide bonds. The van der Waals surface area contributed by atoms with Gasteiger partial charge in [0.25, 0.3) is 5.91 Å². The number of rotatable bonds is 3. The Hall–Kier alpha value is -2.82. The van der Waals surface area contributed by atoms with Gasteiger partial charge in [0.1, 0.15) is 0 Å². The van der Waals surface area contributed by atoms with Gasteiger partial charge < -0.3 is 15.7 Å². The third kappa shape index (κ3) is 2.30. The Labute approximate surface area is 128 Å². The van der Waals surface area contributed by atoms with Crippen LogP contribution in [-0.2, 0) is 11.3 Å². The summed E-state index contributed by atoms with van der Waals surface area (Å²) in [5.41, 5.74) is 9.43. The highest BCUT2D eigenvalue weighted by atomic mass is 16.4. The number of benzene rings is 2. The molecule has 1 atom stereocenters. The molecule has 0 aliphatic carbocycles. The molecular weight excluding hydrogens is 280 g/mol. The van der Waals surface area contributed by atoms with E-state index in [1.807, 2.05) is 6.07 Å². The van der Waals surface area contributed by atoms with E-state index in [4.69, 9.17) is 10.8 Å². The SMILES string of the molecule is CC(C(=O)O)c1ccc(N2Cc3cc(N)ccc3C2=O)cc1. The number of hydrogen-bond donors (Lipinski definition) is 2. The first-order valence-corrected chi connectivity index (χ1v) is 7.00. The molecule has 5 nitrogen and oxygen atoms in total. The summed E-state index contributed by atoms with van der Waals surface area (Å²) in [5, 5.41) is 9.03. The van der Waals surface area contributed by atoms with E-state index in [2.05, 4.69) is 0 Å². The number of hydrogen-bond acceptors (Lipinski definition) is 3. The summed E-state index contributed by atoms with van der Waals surface area (Å²) in [6.45, 7) is 2.12. The summed E-state index contributed by atoms with van der Waals surface area (Å²) in [4.78, 5) is 25.1. The van der Waals surface area contributed by atoms with E-state index in [-0.39, 0.29) is 5.91 Å². The summed E-state index contributed by atoms with van der Waals surface area (Å²) in [6, 6.07) is 12.3. The van der Waals surface area contributed by atoms with E-state index in [0.29, 0.717) is 23.4 Å². The Balaban J connectivity index is 1.87. The number of nitrogens with two attached hydrogens (primary N) is 1. The predicted molar refractivity (Wildman–Crippen MR) is 83.9 cm³/mol. The maximum atomic E-state index is 12.4. The van der Waals surface area contributed by atoms with Crippen molar-refractivity contribution in [3.05, 3.63) is 59.2 Å². The van der Waals surface area contributed by atoms with Crippen LogP contribution in [0.15, 0.2) is 42.5 Å². The highest BCUT2D eigenvalue weighted by Gasteiger charge is 2.28.